The minimum Gasteiger partial charge on any atom is -0.455 e. The molecule has 0 spiro atoms. The van der Waals surface area contributed by atoms with E-state index in [0.717, 1.165) is 117 Å². The van der Waals surface area contributed by atoms with Crippen LogP contribution in [-0.4, -0.2) is 4.98 Å². The van der Waals surface area contributed by atoms with Crippen LogP contribution in [-0.2, 0) is 0 Å². The Morgan fingerprint density at radius 3 is 1.35 bits per heavy atom. The topological polar surface area (TPSA) is 22.1 Å². The van der Waals surface area contributed by atoms with Gasteiger partial charge in [-0.1, -0.05) is 218 Å². The van der Waals surface area contributed by atoms with Crippen LogP contribution in [0.4, 0.5) is 0 Å². The van der Waals surface area contributed by atoms with Crippen molar-refractivity contribution in [2.24, 2.45) is 0 Å². The average Bonchev–Trinajstić information content (AvgIpc) is 3.32. The number of hydrogen-bond acceptors (Lipinski definition) is 2. The summed E-state index contributed by atoms with van der Waals surface area (Å²) in [6, 6.07) is 77.6. The van der Waals surface area contributed by atoms with Gasteiger partial charge in [-0.05, 0) is 56.6 Å². The summed E-state index contributed by atoms with van der Waals surface area (Å²) in [7, 11) is 0. The van der Waals surface area contributed by atoms with Gasteiger partial charge in [0.25, 0.3) is 0 Å². The second kappa shape index (κ2) is 14.8. The number of nitrogens with zero attached hydrogens (tertiary/aromatic N) is 1. The summed E-state index contributed by atoms with van der Waals surface area (Å²) in [6.45, 7) is 2.21. The largest absolute Gasteiger partial charge is 0.455 e. The number of benzene rings is 9. The van der Waals surface area contributed by atoms with Gasteiger partial charge in [-0.3, -0.25) is 0 Å². The van der Waals surface area contributed by atoms with Crippen LogP contribution in [0.15, 0.2) is 218 Å². The maximum atomic E-state index is 7.68. The SMILES string of the molecule is Cc1cccc2c(-c3ccccc3)c(-c3ccccc3)nc(-c3c(-c4ccccc4)c(-c4ccccc4)c4cccc5c4c3OC(c3ccccc3)=C5c3ccccc3)c12. The molecular weight excluding hydrogens is 727 g/mol. The molecule has 1 aliphatic rings. The lowest BCUT2D eigenvalue weighted by atomic mass is 9.79. The van der Waals surface area contributed by atoms with E-state index in [2.05, 4.69) is 225 Å². The zero-order valence-corrected chi connectivity index (χ0v) is 33.1. The number of ether oxygens (including phenoxy) is 1. The Labute approximate surface area is 350 Å². The summed E-state index contributed by atoms with van der Waals surface area (Å²) in [5.74, 6) is 1.63. The Hall–Kier alpha value is -7.81. The highest BCUT2D eigenvalue weighted by Crippen LogP contribution is 2.57. The van der Waals surface area contributed by atoms with Crippen molar-refractivity contribution in [2.75, 3.05) is 0 Å². The van der Waals surface area contributed by atoms with E-state index in [4.69, 9.17) is 9.72 Å². The number of pyridine rings is 1. The van der Waals surface area contributed by atoms with Gasteiger partial charge >= 0.3 is 0 Å². The van der Waals surface area contributed by atoms with Gasteiger partial charge in [0, 0.05) is 38.6 Å². The van der Waals surface area contributed by atoms with Gasteiger partial charge in [0.2, 0.25) is 0 Å². The quantitative estimate of drug-likeness (QED) is 0.161. The molecular formula is C58H39NO. The van der Waals surface area contributed by atoms with Crippen molar-refractivity contribution in [3.05, 3.63) is 241 Å². The summed E-state index contributed by atoms with van der Waals surface area (Å²) in [4.78, 5) is 5.95. The van der Waals surface area contributed by atoms with Crippen molar-refractivity contribution >= 4 is 32.9 Å². The van der Waals surface area contributed by atoms with E-state index in [-0.39, 0.29) is 0 Å². The maximum Gasteiger partial charge on any atom is 0.146 e. The lowest BCUT2D eigenvalue weighted by molar-refractivity contribution is 0.521. The molecule has 0 saturated heterocycles. The third kappa shape index (κ3) is 5.84. The average molecular weight is 766 g/mol. The van der Waals surface area contributed by atoms with E-state index in [0.29, 0.717) is 0 Å². The predicted octanol–water partition coefficient (Wildman–Crippen LogP) is 15.3. The van der Waals surface area contributed by atoms with Crippen LogP contribution in [0.1, 0.15) is 22.3 Å². The van der Waals surface area contributed by atoms with Crippen molar-refractivity contribution in [1.82, 2.24) is 4.98 Å². The standard InChI is InChI=1S/C58H39NO/c1-38-22-20-35-45-48(38)56(59-55(43-31-16-6-17-32-43)50(45)40-25-10-3-11-26-40)54-52(42-29-14-5-15-30-42)49(39-23-8-2-9-24-39)46-36-21-37-47-51(41-27-12-4-13-28-41)57(60-58(54)53(46)47)44-33-18-7-19-34-44/h2-37H,1H3. The van der Waals surface area contributed by atoms with Crippen LogP contribution in [0.25, 0.3) is 88.8 Å². The van der Waals surface area contributed by atoms with E-state index in [1.807, 2.05) is 0 Å². The van der Waals surface area contributed by atoms with Crippen LogP contribution in [0, 0.1) is 6.92 Å². The molecule has 9 aromatic carbocycles. The zero-order chi connectivity index (χ0) is 40.0. The highest BCUT2D eigenvalue weighted by molar-refractivity contribution is 6.22. The first-order chi connectivity index (χ1) is 29.7. The second-order valence-corrected chi connectivity index (χ2v) is 15.4. The molecule has 2 heterocycles. The normalized spacial score (nSPS) is 12.2. The molecule has 60 heavy (non-hydrogen) atoms. The zero-order valence-electron chi connectivity index (χ0n) is 33.1. The molecule has 0 aliphatic carbocycles. The molecule has 0 N–H and O–H groups in total. The smallest absolute Gasteiger partial charge is 0.146 e. The van der Waals surface area contributed by atoms with Gasteiger partial charge in [-0.2, -0.15) is 0 Å². The molecule has 2 nitrogen and oxygen atoms in total. The minimum absolute atomic E-state index is 0.807. The number of aryl methyl sites for hydroxylation is 1. The Bertz CT molecular complexity index is 3230. The van der Waals surface area contributed by atoms with Gasteiger partial charge in [0.1, 0.15) is 11.5 Å². The minimum atomic E-state index is 0.807. The van der Waals surface area contributed by atoms with Crippen LogP contribution < -0.4 is 4.74 Å². The van der Waals surface area contributed by atoms with Gasteiger partial charge < -0.3 is 4.74 Å². The van der Waals surface area contributed by atoms with Crippen molar-refractivity contribution in [1.29, 1.82) is 0 Å². The fourth-order valence-corrected chi connectivity index (χ4v) is 9.22. The molecule has 0 bridgehead atoms. The van der Waals surface area contributed by atoms with Crippen LogP contribution in [0.2, 0.25) is 0 Å². The first-order valence-corrected chi connectivity index (χ1v) is 20.6. The Kier molecular flexibility index (Phi) is 8.75. The molecule has 0 unspecified atom stereocenters. The van der Waals surface area contributed by atoms with Crippen LogP contribution in [0.3, 0.4) is 0 Å². The summed E-state index contributed by atoms with van der Waals surface area (Å²) >= 11 is 0. The maximum absolute atomic E-state index is 7.68. The molecule has 1 aliphatic heterocycles. The van der Waals surface area contributed by atoms with Crippen molar-refractivity contribution < 1.29 is 4.74 Å². The second-order valence-electron chi connectivity index (χ2n) is 15.4. The van der Waals surface area contributed by atoms with E-state index in [9.17, 15) is 0 Å². The van der Waals surface area contributed by atoms with Gasteiger partial charge in [0.05, 0.1) is 17.0 Å². The highest BCUT2D eigenvalue weighted by atomic mass is 16.5. The molecule has 0 radical (unpaired) electrons. The van der Waals surface area contributed by atoms with Gasteiger partial charge in [0.15, 0.2) is 0 Å². The highest BCUT2D eigenvalue weighted by Gasteiger charge is 2.34. The molecule has 282 valence electrons. The molecule has 0 atom stereocenters. The molecule has 0 saturated carbocycles. The lowest BCUT2D eigenvalue weighted by Gasteiger charge is -2.31. The fraction of sp³-hybridized carbons (Fsp3) is 0.0172. The monoisotopic (exact) mass is 765 g/mol. The predicted molar refractivity (Wildman–Crippen MR) is 251 cm³/mol. The molecule has 1 aromatic heterocycles. The summed E-state index contributed by atoms with van der Waals surface area (Å²) in [5, 5.41) is 4.44. The number of fused-ring (bicyclic) bond motifs is 1. The first kappa shape index (κ1) is 35.4. The number of rotatable bonds is 7. The molecule has 11 rings (SSSR count). The fourth-order valence-electron chi connectivity index (χ4n) is 9.22. The molecule has 10 aromatic rings. The Balaban J connectivity index is 1.39. The van der Waals surface area contributed by atoms with E-state index < -0.39 is 0 Å². The lowest BCUT2D eigenvalue weighted by Crippen LogP contribution is -2.11. The third-order valence-electron chi connectivity index (χ3n) is 11.8. The van der Waals surface area contributed by atoms with Crippen LogP contribution in [0.5, 0.6) is 5.75 Å². The van der Waals surface area contributed by atoms with Crippen molar-refractivity contribution in [3.8, 4) is 61.6 Å². The number of hydrogen-bond donors (Lipinski definition) is 0. The summed E-state index contributed by atoms with van der Waals surface area (Å²) in [6.07, 6.45) is 0. The third-order valence-corrected chi connectivity index (χ3v) is 11.8. The Morgan fingerprint density at radius 2 is 0.783 bits per heavy atom. The van der Waals surface area contributed by atoms with E-state index in [1.165, 1.54) is 0 Å². The van der Waals surface area contributed by atoms with Gasteiger partial charge in [-0.25, -0.2) is 4.98 Å². The van der Waals surface area contributed by atoms with Gasteiger partial charge in [-0.15, -0.1) is 0 Å². The van der Waals surface area contributed by atoms with Crippen molar-refractivity contribution in [2.45, 2.75) is 6.92 Å². The van der Waals surface area contributed by atoms with Crippen molar-refractivity contribution in [3.63, 3.8) is 0 Å². The summed E-state index contributed by atoms with van der Waals surface area (Å²) in [5.41, 5.74) is 16.0. The van der Waals surface area contributed by atoms with Crippen LogP contribution >= 0.6 is 0 Å². The first-order valence-electron chi connectivity index (χ1n) is 20.6. The Morgan fingerprint density at radius 1 is 0.333 bits per heavy atom. The molecule has 2 heteroatoms. The molecule has 0 fully saturated rings. The number of aromatic nitrogens is 1. The summed E-state index contributed by atoms with van der Waals surface area (Å²) < 4.78 is 7.68. The van der Waals surface area contributed by atoms with E-state index >= 15 is 0 Å². The van der Waals surface area contributed by atoms with E-state index in [1.54, 1.807) is 0 Å². The molecule has 0 amide bonds.